The maximum Gasteiger partial charge on any atom is 0.426 e. The molecule has 0 aromatic heterocycles. The van der Waals surface area contributed by atoms with E-state index in [4.69, 9.17) is 16.3 Å². The van der Waals surface area contributed by atoms with Gasteiger partial charge in [-0.15, -0.1) is 0 Å². The summed E-state index contributed by atoms with van der Waals surface area (Å²) in [5.41, 5.74) is -0.0516. The van der Waals surface area contributed by atoms with Crippen LogP contribution in [0.15, 0.2) is 35.4 Å². The van der Waals surface area contributed by atoms with Gasteiger partial charge in [0.2, 0.25) is 0 Å². The average molecular weight is 351 g/mol. The largest absolute Gasteiger partial charge is 0.461 e. The highest BCUT2D eigenvalue weighted by molar-refractivity contribution is 6.30. The summed E-state index contributed by atoms with van der Waals surface area (Å²) in [4.78, 5) is 12.1. The van der Waals surface area contributed by atoms with Gasteiger partial charge in [0.1, 0.15) is 17.5 Å². The third-order valence-corrected chi connectivity index (χ3v) is 4.40. The predicted molar refractivity (Wildman–Crippen MR) is 76.9 cm³/mol. The molecule has 1 aliphatic rings. The normalized spacial score (nSPS) is 23.5. The summed E-state index contributed by atoms with van der Waals surface area (Å²) in [6, 6.07) is 5.41. The van der Waals surface area contributed by atoms with Crippen LogP contribution >= 0.6 is 11.6 Å². The third-order valence-electron chi connectivity index (χ3n) is 4.06. The molecule has 1 aromatic carbocycles. The number of carbonyl (C=O) groups excluding carboxylic acids is 1. The zero-order chi connectivity index (χ0) is 17.4. The summed E-state index contributed by atoms with van der Waals surface area (Å²) in [6.07, 6.45) is -3.76. The van der Waals surface area contributed by atoms with Crippen LogP contribution in [0.3, 0.4) is 0 Å². The molecule has 0 spiro atoms. The summed E-state index contributed by atoms with van der Waals surface area (Å²) in [7, 11) is 0. The summed E-state index contributed by atoms with van der Waals surface area (Å²) in [5, 5.41) is -1.23. The minimum Gasteiger partial charge on any atom is -0.461 e. The second-order valence-electron chi connectivity index (χ2n) is 6.07. The number of benzene rings is 1. The quantitative estimate of drug-likeness (QED) is 0.574. The first-order valence-corrected chi connectivity index (χ1v) is 7.27. The average Bonchev–Trinajstić information content (AvgIpc) is 2.98. The maximum absolute atomic E-state index is 12.8. The van der Waals surface area contributed by atoms with Crippen molar-refractivity contribution in [1.29, 1.82) is 0 Å². The molecule has 0 heterocycles. The first-order chi connectivity index (χ1) is 10.5. The van der Waals surface area contributed by atoms with E-state index in [-0.39, 0.29) is 6.61 Å². The molecule has 0 N–H and O–H groups in total. The number of allylic oxidation sites excluding steroid dienone is 2. The van der Waals surface area contributed by atoms with Crippen LogP contribution in [0.4, 0.5) is 17.6 Å². The molecular formula is C16H15ClF4O2. The summed E-state index contributed by atoms with van der Waals surface area (Å²) in [5.74, 6) is -2.31. The van der Waals surface area contributed by atoms with E-state index < -0.39 is 40.2 Å². The van der Waals surface area contributed by atoms with E-state index in [1.165, 1.54) is 24.3 Å². The van der Waals surface area contributed by atoms with Crippen LogP contribution in [0.25, 0.3) is 0 Å². The first-order valence-electron chi connectivity index (χ1n) is 6.89. The molecule has 1 aromatic rings. The number of carbonyl (C=O) groups is 1. The number of hydrogen-bond donors (Lipinski definition) is 0. The fourth-order valence-electron chi connectivity index (χ4n) is 2.52. The van der Waals surface area contributed by atoms with Crippen molar-refractivity contribution in [3.05, 3.63) is 46.8 Å². The monoisotopic (exact) mass is 350 g/mol. The predicted octanol–water partition coefficient (Wildman–Crippen LogP) is 4.83. The Kier molecular flexibility index (Phi) is 4.76. The van der Waals surface area contributed by atoms with Gasteiger partial charge in [-0.3, -0.25) is 4.79 Å². The van der Waals surface area contributed by atoms with Crippen LogP contribution in [-0.2, 0) is 16.1 Å². The van der Waals surface area contributed by atoms with Crippen molar-refractivity contribution in [2.24, 2.45) is 17.3 Å². The SMILES string of the molecule is CC1(C)[C@H](C=C(Cl)C(F)(F)F)[C@@H]1C(=O)OCc1ccc(F)cc1. The van der Waals surface area contributed by atoms with Gasteiger partial charge in [0.25, 0.3) is 0 Å². The van der Waals surface area contributed by atoms with E-state index in [2.05, 4.69) is 0 Å². The topological polar surface area (TPSA) is 26.3 Å². The lowest BCUT2D eigenvalue weighted by molar-refractivity contribution is -0.147. The van der Waals surface area contributed by atoms with Crippen molar-refractivity contribution in [2.45, 2.75) is 26.6 Å². The zero-order valence-corrected chi connectivity index (χ0v) is 13.2. The number of alkyl halides is 3. The Morgan fingerprint density at radius 1 is 1.30 bits per heavy atom. The highest BCUT2D eigenvalue weighted by Crippen LogP contribution is 2.60. The van der Waals surface area contributed by atoms with Crippen molar-refractivity contribution in [3.8, 4) is 0 Å². The van der Waals surface area contributed by atoms with E-state index in [1.54, 1.807) is 13.8 Å². The van der Waals surface area contributed by atoms with Gasteiger partial charge in [0.05, 0.1) is 5.92 Å². The molecule has 2 rings (SSSR count). The Bertz CT molecular complexity index is 620. The number of hydrogen-bond acceptors (Lipinski definition) is 2. The minimum absolute atomic E-state index is 0.0604. The van der Waals surface area contributed by atoms with E-state index in [9.17, 15) is 22.4 Å². The molecule has 0 unspecified atom stereocenters. The van der Waals surface area contributed by atoms with E-state index in [0.717, 1.165) is 6.08 Å². The van der Waals surface area contributed by atoms with Crippen LogP contribution in [0.1, 0.15) is 19.4 Å². The molecule has 2 nitrogen and oxygen atoms in total. The highest BCUT2D eigenvalue weighted by Gasteiger charge is 2.62. The van der Waals surface area contributed by atoms with Crippen LogP contribution in [0.5, 0.6) is 0 Å². The molecule has 0 aliphatic heterocycles. The molecule has 126 valence electrons. The van der Waals surface area contributed by atoms with Crippen LogP contribution in [-0.4, -0.2) is 12.1 Å². The van der Waals surface area contributed by atoms with E-state index in [1.807, 2.05) is 0 Å². The molecule has 1 fully saturated rings. The molecule has 7 heteroatoms. The van der Waals surface area contributed by atoms with E-state index in [0.29, 0.717) is 5.56 Å². The first kappa shape index (κ1) is 17.8. The molecule has 0 amide bonds. The summed E-state index contributed by atoms with van der Waals surface area (Å²) >= 11 is 5.23. The molecular weight excluding hydrogens is 336 g/mol. The molecule has 2 atom stereocenters. The Morgan fingerprint density at radius 2 is 1.87 bits per heavy atom. The molecule has 1 aliphatic carbocycles. The highest BCUT2D eigenvalue weighted by atomic mass is 35.5. The lowest BCUT2D eigenvalue weighted by Crippen LogP contribution is -2.11. The van der Waals surface area contributed by atoms with Gasteiger partial charge in [0, 0.05) is 0 Å². The molecule has 1 saturated carbocycles. The number of esters is 1. The zero-order valence-electron chi connectivity index (χ0n) is 12.5. The van der Waals surface area contributed by atoms with Crippen molar-refractivity contribution in [1.82, 2.24) is 0 Å². The van der Waals surface area contributed by atoms with Gasteiger partial charge in [-0.25, -0.2) is 4.39 Å². The van der Waals surface area contributed by atoms with Gasteiger partial charge in [-0.05, 0) is 29.0 Å². The van der Waals surface area contributed by atoms with Crippen LogP contribution in [0.2, 0.25) is 0 Å². The van der Waals surface area contributed by atoms with E-state index >= 15 is 0 Å². The Hall–Kier alpha value is -1.56. The summed E-state index contributed by atoms with van der Waals surface area (Å²) < 4.78 is 55.3. The van der Waals surface area contributed by atoms with Crippen molar-refractivity contribution in [3.63, 3.8) is 0 Å². The second-order valence-corrected chi connectivity index (χ2v) is 6.48. The Labute approximate surface area is 136 Å². The van der Waals surface area contributed by atoms with Gasteiger partial charge in [-0.2, -0.15) is 13.2 Å². The lowest BCUT2D eigenvalue weighted by Gasteiger charge is -2.05. The number of halogens is 5. The molecule has 0 radical (unpaired) electrons. The van der Waals surface area contributed by atoms with Crippen molar-refractivity contribution < 1.29 is 27.1 Å². The number of ether oxygens (including phenoxy) is 1. The van der Waals surface area contributed by atoms with Gasteiger partial charge in [-0.1, -0.05) is 43.7 Å². The minimum atomic E-state index is -4.62. The fraction of sp³-hybridized carbons (Fsp3) is 0.438. The van der Waals surface area contributed by atoms with Crippen molar-refractivity contribution in [2.75, 3.05) is 0 Å². The van der Waals surface area contributed by atoms with Gasteiger partial charge < -0.3 is 4.74 Å². The second kappa shape index (κ2) is 6.15. The smallest absolute Gasteiger partial charge is 0.426 e. The van der Waals surface area contributed by atoms with Gasteiger partial charge >= 0.3 is 12.1 Å². The molecule has 0 bridgehead atoms. The standard InChI is InChI=1S/C16H15ClF4O2/c1-15(2)11(7-12(17)16(19,20)21)13(15)14(22)23-8-9-3-5-10(18)6-4-9/h3-7,11,13H,8H2,1-2H3/t11-,13-/m1/s1. The van der Waals surface area contributed by atoms with Gasteiger partial charge in [0.15, 0.2) is 0 Å². The van der Waals surface area contributed by atoms with Crippen LogP contribution in [0, 0.1) is 23.1 Å². The fourth-order valence-corrected chi connectivity index (χ4v) is 2.65. The number of rotatable bonds is 4. The lowest BCUT2D eigenvalue weighted by atomic mass is 10.1. The van der Waals surface area contributed by atoms with Crippen molar-refractivity contribution >= 4 is 17.6 Å². The van der Waals surface area contributed by atoms with Crippen LogP contribution < -0.4 is 0 Å². The molecule has 23 heavy (non-hydrogen) atoms. The molecule has 0 saturated heterocycles. The summed E-state index contributed by atoms with van der Waals surface area (Å²) in [6.45, 7) is 3.30. The Morgan fingerprint density at radius 3 is 2.39 bits per heavy atom. The Balaban J connectivity index is 1.98. The third kappa shape index (κ3) is 4.05. The maximum atomic E-state index is 12.8.